The van der Waals surface area contributed by atoms with E-state index in [2.05, 4.69) is 27.8 Å². The highest BCUT2D eigenvalue weighted by Crippen LogP contribution is 2.09. The summed E-state index contributed by atoms with van der Waals surface area (Å²) in [6, 6.07) is 20.5. The summed E-state index contributed by atoms with van der Waals surface area (Å²) < 4.78 is 28.1. The number of hydrogen-bond donors (Lipinski definition) is 3. The minimum absolute atomic E-state index is 0. The van der Waals surface area contributed by atoms with Crippen molar-refractivity contribution in [1.82, 2.24) is 10.6 Å². The van der Waals surface area contributed by atoms with Gasteiger partial charge in [0.15, 0.2) is 5.96 Å². The SMILES string of the molecule is I.NS(=O)(=O)c1ccc(CN=C(NCCc2ccccc2)NCCc2ccco2)cc1. The van der Waals surface area contributed by atoms with Gasteiger partial charge in [-0.05, 0) is 41.8 Å². The Morgan fingerprint density at radius 2 is 1.55 bits per heavy atom. The van der Waals surface area contributed by atoms with Gasteiger partial charge in [-0.1, -0.05) is 42.5 Å². The second kappa shape index (κ2) is 12.5. The van der Waals surface area contributed by atoms with E-state index in [1.54, 1.807) is 18.4 Å². The maximum absolute atomic E-state index is 11.4. The molecule has 7 nitrogen and oxygen atoms in total. The third-order valence-electron chi connectivity index (χ3n) is 4.46. The molecule has 0 atom stereocenters. The molecule has 3 rings (SSSR count). The molecule has 166 valence electrons. The van der Waals surface area contributed by atoms with Crippen molar-refractivity contribution in [3.8, 4) is 0 Å². The molecule has 4 N–H and O–H groups in total. The third-order valence-corrected chi connectivity index (χ3v) is 5.39. The Kier molecular flexibility index (Phi) is 10.0. The van der Waals surface area contributed by atoms with E-state index in [1.807, 2.05) is 30.3 Å². The zero-order valence-electron chi connectivity index (χ0n) is 17.0. The fourth-order valence-electron chi connectivity index (χ4n) is 2.86. The Labute approximate surface area is 200 Å². The van der Waals surface area contributed by atoms with Gasteiger partial charge in [0.2, 0.25) is 10.0 Å². The zero-order valence-corrected chi connectivity index (χ0v) is 20.2. The Bertz CT molecular complexity index is 1040. The van der Waals surface area contributed by atoms with Gasteiger partial charge < -0.3 is 15.1 Å². The zero-order chi connectivity index (χ0) is 21.2. The molecule has 1 heterocycles. The van der Waals surface area contributed by atoms with Crippen molar-refractivity contribution >= 4 is 40.0 Å². The number of nitrogens with two attached hydrogens (primary N) is 1. The molecule has 9 heteroatoms. The largest absolute Gasteiger partial charge is 0.469 e. The summed E-state index contributed by atoms with van der Waals surface area (Å²) in [5.74, 6) is 1.60. The molecular weight excluding hydrogens is 527 g/mol. The highest BCUT2D eigenvalue weighted by molar-refractivity contribution is 14.0. The van der Waals surface area contributed by atoms with Crippen molar-refractivity contribution in [1.29, 1.82) is 0 Å². The monoisotopic (exact) mass is 554 g/mol. The number of primary sulfonamides is 1. The molecule has 0 bridgehead atoms. The van der Waals surface area contributed by atoms with Crippen LogP contribution in [0.3, 0.4) is 0 Å². The van der Waals surface area contributed by atoms with E-state index >= 15 is 0 Å². The predicted molar refractivity (Wildman–Crippen MR) is 133 cm³/mol. The van der Waals surface area contributed by atoms with Crippen LogP contribution in [0.4, 0.5) is 0 Å². The van der Waals surface area contributed by atoms with Gasteiger partial charge in [-0.3, -0.25) is 0 Å². The van der Waals surface area contributed by atoms with Gasteiger partial charge in [-0.15, -0.1) is 24.0 Å². The average molecular weight is 554 g/mol. The predicted octanol–water partition coefficient (Wildman–Crippen LogP) is 3.07. The summed E-state index contributed by atoms with van der Waals surface area (Å²) in [6.07, 6.45) is 3.28. The van der Waals surface area contributed by atoms with Crippen LogP contribution in [0.2, 0.25) is 0 Å². The van der Waals surface area contributed by atoms with Gasteiger partial charge in [0.25, 0.3) is 0 Å². The van der Waals surface area contributed by atoms with Crippen LogP contribution >= 0.6 is 24.0 Å². The lowest BCUT2D eigenvalue weighted by Crippen LogP contribution is -2.39. The van der Waals surface area contributed by atoms with E-state index in [0.29, 0.717) is 19.0 Å². The molecule has 31 heavy (non-hydrogen) atoms. The lowest BCUT2D eigenvalue weighted by molar-refractivity contribution is 0.506. The molecule has 1 aromatic heterocycles. The molecule has 0 unspecified atom stereocenters. The van der Waals surface area contributed by atoms with Crippen molar-refractivity contribution < 1.29 is 12.8 Å². The van der Waals surface area contributed by atoms with E-state index < -0.39 is 10.0 Å². The summed E-state index contributed by atoms with van der Waals surface area (Å²) in [5, 5.41) is 11.8. The summed E-state index contributed by atoms with van der Waals surface area (Å²) >= 11 is 0. The number of aliphatic imine (C=N–C) groups is 1. The highest BCUT2D eigenvalue weighted by Gasteiger charge is 2.07. The lowest BCUT2D eigenvalue weighted by Gasteiger charge is -2.12. The van der Waals surface area contributed by atoms with Crippen molar-refractivity contribution in [2.75, 3.05) is 13.1 Å². The van der Waals surface area contributed by atoms with Gasteiger partial charge in [-0.25, -0.2) is 18.5 Å². The van der Waals surface area contributed by atoms with Crippen molar-refractivity contribution in [3.63, 3.8) is 0 Å². The molecule has 0 aliphatic rings. The number of halogens is 1. The lowest BCUT2D eigenvalue weighted by atomic mass is 10.1. The Morgan fingerprint density at radius 3 is 2.16 bits per heavy atom. The summed E-state index contributed by atoms with van der Waals surface area (Å²) in [5.41, 5.74) is 2.14. The molecule has 2 aromatic carbocycles. The highest BCUT2D eigenvalue weighted by atomic mass is 127. The Balaban J connectivity index is 0.00000341. The van der Waals surface area contributed by atoms with Crippen molar-refractivity contribution in [2.45, 2.75) is 24.3 Å². The van der Waals surface area contributed by atoms with Gasteiger partial charge in [0.1, 0.15) is 5.76 Å². The average Bonchev–Trinajstić information content (AvgIpc) is 3.25. The number of guanidine groups is 1. The summed E-state index contributed by atoms with van der Waals surface area (Å²) in [6.45, 7) is 1.82. The molecule has 0 amide bonds. The first kappa shape index (κ1) is 24.9. The number of nitrogens with one attached hydrogen (secondary N) is 2. The molecule has 3 aromatic rings. The standard InChI is InChI=1S/C22H26N4O3S.HI/c23-30(27,28)21-10-8-19(9-11-21)17-26-22(25-15-13-20-7-4-16-29-20)24-14-12-18-5-2-1-3-6-18;/h1-11,16H,12-15,17H2,(H2,23,27,28)(H2,24,25,26);1H. The molecule has 0 spiro atoms. The van der Waals surface area contributed by atoms with Gasteiger partial charge in [-0.2, -0.15) is 0 Å². The van der Waals surface area contributed by atoms with Crippen LogP contribution in [0.1, 0.15) is 16.9 Å². The van der Waals surface area contributed by atoms with Crippen LogP contribution in [0, 0.1) is 0 Å². The summed E-state index contributed by atoms with van der Waals surface area (Å²) in [7, 11) is -3.69. The van der Waals surface area contributed by atoms with Gasteiger partial charge in [0.05, 0.1) is 17.7 Å². The fraction of sp³-hybridized carbons (Fsp3) is 0.227. The Morgan fingerprint density at radius 1 is 0.871 bits per heavy atom. The number of nitrogens with zero attached hydrogens (tertiary/aromatic N) is 1. The molecule has 0 aliphatic carbocycles. The number of rotatable bonds is 9. The minimum Gasteiger partial charge on any atom is -0.469 e. The van der Waals surface area contributed by atoms with E-state index in [9.17, 15) is 8.42 Å². The summed E-state index contributed by atoms with van der Waals surface area (Å²) in [4.78, 5) is 4.71. The first-order valence-electron chi connectivity index (χ1n) is 9.71. The van der Waals surface area contributed by atoms with Crippen LogP contribution in [0.15, 0.2) is 87.3 Å². The topological polar surface area (TPSA) is 110 Å². The molecule has 0 radical (unpaired) electrons. The minimum atomic E-state index is -3.69. The normalized spacial score (nSPS) is 11.6. The smallest absolute Gasteiger partial charge is 0.238 e. The fourth-order valence-corrected chi connectivity index (χ4v) is 3.37. The van der Waals surface area contributed by atoms with Crippen LogP contribution < -0.4 is 15.8 Å². The van der Waals surface area contributed by atoms with Crippen LogP contribution in [0.25, 0.3) is 0 Å². The molecule has 0 fully saturated rings. The maximum atomic E-state index is 11.4. The van der Waals surface area contributed by atoms with Crippen LogP contribution in [0.5, 0.6) is 0 Å². The molecule has 0 saturated carbocycles. The first-order chi connectivity index (χ1) is 14.5. The second-order valence-corrected chi connectivity index (χ2v) is 8.33. The van der Waals surface area contributed by atoms with Crippen LogP contribution in [-0.4, -0.2) is 27.5 Å². The maximum Gasteiger partial charge on any atom is 0.238 e. The first-order valence-corrected chi connectivity index (χ1v) is 11.3. The Hall–Kier alpha value is -2.37. The van der Waals surface area contributed by atoms with Crippen molar-refractivity contribution in [2.24, 2.45) is 10.1 Å². The van der Waals surface area contributed by atoms with Gasteiger partial charge >= 0.3 is 0 Å². The molecule has 0 saturated heterocycles. The molecule has 0 aliphatic heterocycles. The molecular formula is C22H27IN4O3S. The number of sulfonamides is 1. The third kappa shape index (κ3) is 8.72. The second-order valence-electron chi connectivity index (χ2n) is 6.77. The quantitative estimate of drug-likeness (QED) is 0.214. The number of benzene rings is 2. The van der Waals surface area contributed by atoms with E-state index in [0.717, 1.165) is 30.7 Å². The van der Waals surface area contributed by atoms with Crippen molar-refractivity contribution in [3.05, 3.63) is 89.9 Å². The van der Waals surface area contributed by atoms with Gasteiger partial charge in [0, 0.05) is 19.5 Å². The number of furan rings is 1. The van der Waals surface area contributed by atoms with E-state index in [1.165, 1.54) is 17.7 Å². The van der Waals surface area contributed by atoms with E-state index in [-0.39, 0.29) is 28.9 Å². The van der Waals surface area contributed by atoms with E-state index in [4.69, 9.17) is 9.56 Å². The number of hydrogen-bond acceptors (Lipinski definition) is 4. The van der Waals surface area contributed by atoms with Crippen LogP contribution in [-0.2, 0) is 29.4 Å².